The molecule has 0 spiro atoms. The van der Waals surface area contributed by atoms with E-state index in [1.807, 2.05) is 0 Å². The molecule has 0 bridgehead atoms. The van der Waals surface area contributed by atoms with Crippen LogP contribution in [0.15, 0.2) is 12.2 Å². The van der Waals surface area contributed by atoms with Gasteiger partial charge in [0.2, 0.25) is 0 Å². The molecule has 0 aromatic rings. The van der Waals surface area contributed by atoms with E-state index >= 15 is 0 Å². The van der Waals surface area contributed by atoms with Gasteiger partial charge >= 0.3 is 0 Å². The van der Waals surface area contributed by atoms with Gasteiger partial charge in [-0.3, -0.25) is 0 Å². The van der Waals surface area contributed by atoms with Crippen molar-refractivity contribution in [3.63, 3.8) is 0 Å². The Hall–Kier alpha value is -0.380. The van der Waals surface area contributed by atoms with Gasteiger partial charge in [0, 0.05) is 25.7 Å². The molecule has 0 aliphatic heterocycles. The molecule has 1 rings (SSSR count). The van der Waals surface area contributed by atoms with Crippen LogP contribution in [0.1, 0.15) is 53.4 Å². The molecule has 1 saturated carbocycles. The Morgan fingerprint density at radius 3 is 2.50 bits per heavy atom. The van der Waals surface area contributed by atoms with Crippen LogP contribution in [-0.4, -0.2) is 39.1 Å². The molecule has 0 aromatic heterocycles. The average Bonchev–Trinajstić information content (AvgIpc) is 2.45. The maximum absolute atomic E-state index is 6.07. The Balaban J connectivity index is 2.04. The maximum atomic E-state index is 6.07. The zero-order valence-corrected chi connectivity index (χ0v) is 15.1. The van der Waals surface area contributed by atoms with Gasteiger partial charge in [0.25, 0.3) is 0 Å². The van der Waals surface area contributed by atoms with Crippen molar-refractivity contribution in [3.05, 3.63) is 12.2 Å². The van der Waals surface area contributed by atoms with Gasteiger partial charge in [0.1, 0.15) is 0 Å². The highest BCUT2D eigenvalue weighted by Gasteiger charge is 2.29. The Morgan fingerprint density at radius 1 is 1.09 bits per heavy atom. The van der Waals surface area contributed by atoms with Gasteiger partial charge in [-0.2, -0.15) is 0 Å². The predicted molar refractivity (Wildman–Crippen MR) is 92.2 cm³/mol. The SMILES string of the molecule is C=C(C)C1CCC(C)CC1OCCOCCCOCC(C)C. The van der Waals surface area contributed by atoms with Crippen LogP contribution < -0.4 is 0 Å². The molecule has 22 heavy (non-hydrogen) atoms. The van der Waals surface area contributed by atoms with E-state index in [0.29, 0.717) is 31.2 Å². The smallest absolute Gasteiger partial charge is 0.0704 e. The van der Waals surface area contributed by atoms with E-state index in [2.05, 4.69) is 34.3 Å². The minimum atomic E-state index is 0.333. The maximum Gasteiger partial charge on any atom is 0.0704 e. The molecule has 0 aromatic carbocycles. The molecular formula is C19H36O3. The van der Waals surface area contributed by atoms with E-state index < -0.39 is 0 Å². The van der Waals surface area contributed by atoms with Gasteiger partial charge in [-0.25, -0.2) is 0 Å². The lowest BCUT2D eigenvalue weighted by Crippen LogP contribution is -2.32. The van der Waals surface area contributed by atoms with E-state index in [1.54, 1.807) is 0 Å². The highest BCUT2D eigenvalue weighted by atomic mass is 16.5. The van der Waals surface area contributed by atoms with E-state index in [-0.39, 0.29) is 0 Å². The summed E-state index contributed by atoms with van der Waals surface area (Å²) in [6, 6.07) is 0. The second kappa shape index (κ2) is 11.2. The first-order valence-corrected chi connectivity index (χ1v) is 8.93. The minimum absolute atomic E-state index is 0.333. The van der Waals surface area contributed by atoms with Crippen LogP contribution in [0.4, 0.5) is 0 Å². The molecule has 3 unspecified atom stereocenters. The van der Waals surface area contributed by atoms with Crippen LogP contribution in [0.2, 0.25) is 0 Å². The fourth-order valence-electron chi connectivity index (χ4n) is 3.02. The Labute approximate surface area is 137 Å². The normalized spacial score (nSPS) is 25.6. The summed E-state index contributed by atoms with van der Waals surface area (Å²) in [5.41, 5.74) is 1.26. The zero-order valence-electron chi connectivity index (χ0n) is 15.1. The van der Waals surface area contributed by atoms with Crippen molar-refractivity contribution in [1.29, 1.82) is 0 Å². The largest absolute Gasteiger partial charge is 0.381 e. The van der Waals surface area contributed by atoms with Crippen LogP contribution in [0.25, 0.3) is 0 Å². The van der Waals surface area contributed by atoms with Crippen molar-refractivity contribution in [2.75, 3.05) is 33.0 Å². The predicted octanol–water partition coefficient (Wildman–Crippen LogP) is 4.46. The van der Waals surface area contributed by atoms with Crippen molar-refractivity contribution in [2.45, 2.75) is 59.5 Å². The molecule has 3 atom stereocenters. The molecule has 0 saturated heterocycles. The molecule has 0 heterocycles. The first-order chi connectivity index (χ1) is 10.5. The quantitative estimate of drug-likeness (QED) is 0.416. The molecule has 3 heteroatoms. The number of ether oxygens (including phenoxy) is 3. The minimum Gasteiger partial charge on any atom is -0.381 e. The van der Waals surface area contributed by atoms with Gasteiger partial charge in [0.05, 0.1) is 19.3 Å². The van der Waals surface area contributed by atoms with Crippen molar-refractivity contribution in [3.8, 4) is 0 Å². The van der Waals surface area contributed by atoms with E-state index in [9.17, 15) is 0 Å². The van der Waals surface area contributed by atoms with Crippen molar-refractivity contribution >= 4 is 0 Å². The first kappa shape index (κ1) is 19.7. The van der Waals surface area contributed by atoms with Crippen LogP contribution in [0, 0.1) is 17.8 Å². The summed E-state index contributed by atoms with van der Waals surface area (Å²) in [4.78, 5) is 0. The summed E-state index contributed by atoms with van der Waals surface area (Å²) in [5, 5.41) is 0. The molecule has 1 fully saturated rings. The van der Waals surface area contributed by atoms with Gasteiger partial charge < -0.3 is 14.2 Å². The third kappa shape index (κ3) is 8.30. The summed E-state index contributed by atoms with van der Waals surface area (Å²) in [6.45, 7) is 16.7. The number of rotatable bonds is 11. The Morgan fingerprint density at radius 2 is 1.82 bits per heavy atom. The first-order valence-electron chi connectivity index (χ1n) is 8.93. The van der Waals surface area contributed by atoms with E-state index in [1.165, 1.54) is 18.4 Å². The van der Waals surface area contributed by atoms with Crippen molar-refractivity contribution in [1.82, 2.24) is 0 Å². The van der Waals surface area contributed by atoms with E-state index in [4.69, 9.17) is 14.2 Å². The van der Waals surface area contributed by atoms with Crippen molar-refractivity contribution in [2.24, 2.45) is 17.8 Å². The second-order valence-electron chi connectivity index (χ2n) is 7.22. The lowest BCUT2D eigenvalue weighted by Gasteiger charge is -2.35. The number of hydrogen-bond donors (Lipinski definition) is 0. The molecule has 0 amide bonds. The fraction of sp³-hybridized carbons (Fsp3) is 0.895. The second-order valence-corrected chi connectivity index (χ2v) is 7.22. The Bertz CT molecular complexity index is 301. The highest BCUT2D eigenvalue weighted by molar-refractivity contribution is 5.02. The van der Waals surface area contributed by atoms with Crippen LogP contribution >= 0.6 is 0 Å². The molecular weight excluding hydrogens is 276 g/mol. The molecule has 1 aliphatic carbocycles. The molecule has 3 nitrogen and oxygen atoms in total. The van der Waals surface area contributed by atoms with Crippen molar-refractivity contribution < 1.29 is 14.2 Å². The number of hydrogen-bond acceptors (Lipinski definition) is 3. The lowest BCUT2D eigenvalue weighted by atomic mass is 9.78. The average molecular weight is 312 g/mol. The Kier molecular flexibility index (Phi) is 10.0. The van der Waals surface area contributed by atoms with Gasteiger partial charge in [-0.15, -0.1) is 0 Å². The third-order valence-electron chi connectivity index (χ3n) is 4.28. The third-order valence-corrected chi connectivity index (χ3v) is 4.28. The van der Waals surface area contributed by atoms with Crippen LogP contribution in [0.5, 0.6) is 0 Å². The monoisotopic (exact) mass is 312 g/mol. The fourth-order valence-corrected chi connectivity index (χ4v) is 3.02. The van der Waals surface area contributed by atoms with Gasteiger partial charge in [-0.1, -0.05) is 32.9 Å². The summed E-state index contributed by atoms with van der Waals surface area (Å²) in [7, 11) is 0. The summed E-state index contributed by atoms with van der Waals surface area (Å²) in [6.07, 6.45) is 4.96. The molecule has 0 radical (unpaired) electrons. The van der Waals surface area contributed by atoms with Crippen LogP contribution in [-0.2, 0) is 14.2 Å². The highest BCUT2D eigenvalue weighted by Crippen LogP contribution is 2.34. The summed E-state index contributed by atoms with van der Waals surface area (Å²) < 4.78 is 17.2. The lowest BCUT2D eigenvalue weighted by molar-refractivity contribution is -0.0403. The summed E-state index contributed by atoms with van der Waals surface area (Å²) >= 11 is 0. The molecule has 1 aliphatic rings. The zero-order chi connectivity index (χ0) is 16.4. The molecule has 130 valence electrons. The van der Waals surface area contributed by atoms with Gasteiger partial charge in [-0.05, 0) is 44.4 Å². The van der Waals surface area contributed by atoms with E-state index in [0.717, 1.165) is 38.6 Å². The molecule has 0 N–H and O–H groups in total. The standard InChI is InChI=1S/C19H36O3/c1-15(2)14-21-10-6-9-20-11-12-22-19-13-17(5)7-8-18(19)16(3)4/h15,17-19H,3,6-14H2,1-2,4-5H3. The van der Waals surface area contributed by atoms with Gasteiger partial charge in [0.15, 0.2) is 0 Å². The topological polar surface area (TPSA) is 27.7 Å². The van der Waals surface area contributed by atoms with Crippen LogP contribution in [0.3, 0.4) is 0 Å². The summed E-state index contributed by atoms with van der Waals surface area (Å²) in [5.74, 6) is 1.90.